The molecule has 0 aliphatic carbocycles. The van der Waals surface area contributed by atoms with Crippen molar-refractivity contribution in [3.8, 4) is 5.75 Å². The number of hydrogen-bond donors (Lipinski definition) is 1. The minimum atomic E-state index is -2.96. The smallest absolute Gasteiger partial charge is 0.387 e. The molecule has 2 rings (SSSR count). The standard InChI is InChI=1S/C14H14BrF2N3O2/c1-2-11(20-8-9(15)7-18-20)13(21)19-10-5-3-4-6-12(10)22-14(16)17/h3-8,11,14H,2H2,1H3,(H,19,21). The van der Waals surface area contributed by atoms with E-state index >= 15 is 0 Å². The van der Waals surface area contributed by atoms with E-state index in [9.17, 15) is 13.6 Å². The molecule has 0 radical (unpaired) electrons. The molecule has 1 amide bonds. The van der Waals surface area contributed by atoms with Crippen LogP contribution in [0, 0.1) is 0 Å². The zero-order valence-corrected chi connectivity index (χ0v) is 13.3. The average Bonchev–Trinajstić information content (AvgIpc) is 2.87. The summed E-state index contributed by atoms with van der Waals surface area (Å²) in [7, 11) is 0. The largest absolute Gasteiger partial charge is 0.433 e. The van der Waals surface area contributed by atoms with E-state index in [4.69, 9.17) is 0 Å². The number of anilines is 1. The first-order valence-corrected chi connectivity index (χ1v) is 7.35. The molecule has 0 fully saturated rings. The van der Waals surface area contributed by atoms with Gasteiger partial charge in [-0.1, -0.05) is 19.1 Å². The van der Waals surface area contributed by atoms with Crippen LogP contribution < -0.4 is 10.1 Å². The monoisotopic (exact) mass is 373 g/mol. The quantitative estimate of drug-likeness (QED) is 0.836. The number of hydrogen-bond acceptors (Lipinski definition) is 3. The number of alkyl halides is 2. The van der Waals surface area contributed by atoms with Crippen LogP contribution in [0.25, 0.3) is 0 Å². The Morgan fingerprint density at radius 3 is 2.77 bits per heavy atom. The first-order valence-electron chi connectivity index (χ1n) is 6.55. The molecule has 1 unspecified atom stereocenters. The molecule has 1 N–H and O–H groups in total. The lowest BCUT2D eigenvalue weighted by Crippen LogP contribution is -2.26. The van der Waals surface area contributed by atoms with Crippen LogP contribution >= 0.6 is 15.9 Å². The molecule has 118 valence electrons. The molecule has 0 saturated heterocycles. The summed E-state index contributed by atoms with van der Waals surface area (Å²) < 4.78 is 31.4. The molecule has 5 nitrogen and oxygen atoms in total. The van der Waals surface area contributed by atoms with Gasteiger partial charge in [0.25, 0.3) is 0 Å². The summed E-state index contributed by atoms with van der Waals surface area (Å²) in [5.41, 5.74) is 0.192. The van der Waals surface area contributed by atoms with E-state index in [1.807, 2.05) is 6.92 Å². The number of rotatable bonds is 6. The third kappa shape index (κ3) is 4.03. The number of nitrogens with one attached hydrogen (secondary N) is 1. The maximum Gasteiger partial charge on any atom is 0.387 e. The van der Waals surface area contributed by atoms with Gasteiger partial charge in [0.15, 0.2) is 0 Å². The third-order valence-corrected chi connectivity index (χ3v) is 3.35. The summed E-state index contributed by atoms with van der Waals surface area (Å²) in [6.07, 6.45) is 3.75. The second-order valence-corrected chi connectivity index (χ2v) is 5.34. The maximum absolute atomic E-state index is 12.4. The van der Waals surface area contributed by atoms with Crippen molar-refractivity contribution in [2.45, 2.75) is 26.0 Å². The van der Waals surface area contributed by atoms with E-state index in [1.165, 1.54) is 16.8 Å². The van der Waals surface area contributed by atoms with E-state index in [1.54, 1.807) is 24.5 Å². The van der Waals surface area contributed by atoms with Gasteiger partial charge in [-0.25, -0.2) is 0 Å². The van der Waals surface area contributed by atoms with Gasteiger partial charge in [-0.05, 0) is 34.5 Å². The molecular weight excluding hydrogens is 360 g/mol. The summed E-state index contributed by atoms with van der Waals surface area (Å²) in [6, 6.07) is 5.49. The highest BCUT2D eigenvalue weighted by molar-refractivity contribution is 9.10. The van der Waals surface area contributed by atoms with Gasteiger partial charge in [0.05, 0.1) is 16.4 Å². The van der Waals surface area contributed by atoms with E-state index in [0.717, 1.165) is 4.47 Å². The molecule has 0 saturated carbocycles. The van der Waals surface area contributed by atoms with Crippen LogP contribution in [0.4, 0.5) is 14.5 Å². The summed E-state index contributed by atoms with van der Waals surface area (Å²) in [6.45, 7) is -1.12. The summed E-state index contributed by atoms with van der Waals surface area (Å²) in [5, 5.41) is 6.68. The Labute approximate surface area is 134 Å². The zero-order chi connectivity index (χ0) is 16.1. The van der Waals surface area contributed by atoms with Crippen molar-refractivity contribution in [2.24, 2.45) is 0 Å². The predicted octanol–water partition coefficient (Wildman–Crippen LogP) is 3.84. The van der Waals surface area contributed by atoms with Crippen LogP contribution in [-0.4, -0.2) is 22.3 Å². The molecule has 8 heteroatoms. The van der Waals surface area contributed by atoms with Crippen molar-refractivity contribution in [3.63, 3.8) is 0 Å². The van der Waals surface area contributed by atoms with Crippen LogP contribution in [0.3, 0.4) is 0 Å². The van der Waals surface area contributed by atoms with Gasteiger partial charge in [-0.15, -0.1) is 0 Å². The molecular formula is C14H14BrF2N3O2. The molecule has 1 atom stereocenters. The Morgan fingerprint density at radius 1 is 1.45 bits per heavy atom. The zero-order valence-electron chi connectivity index (χ0n) is 11.7. The number of ether oxygens (including phenoxy) is 1. The van der Waals surface area contributed by atoms with Crippen molar-refractivity contribution >= 4 is 27.5 Å². The van der Waals surface area contributed by atoms with Crippen LogP contribution in [0.5, 0.6) is 5.75 Å². The minimum absolute atomic E-state index is 0.0812. The first kappa shape index (κ1) is 16.4. The average molecular weight is 374 g/mol. The van der Waals surface area contributed by atoms with E-state index in [0.29, 0.717) is 6.42 Å². The fourth-order valence-corrected chi connectivity index (χ4v) is 2.26. The summed E-state index contributed by atoms with van der Waals surface area (Å²) >= 11 is 3.27. The van der Waals surface area contributed by atoms with E-state index in [2.05, 4.69) is 31.1 Å². The molecule has 0 spiro atoms. The molecule has 1 aromatic carbocycles. The van der Waals surface area contributed by atoms with Crippen molar-refractivity contribution in [3.05, 3.63) is 41.1 Å². The summed E-state index contributed by atoms with van der Waals surface area (Å²) in [4.78, 5) is 12.4. The maximum atomic E-state index is 12.4. The topological polar surface area (TPSA) is 56.1 Å². The van der Waals surface area contributed by atoms with Crippen molar-refractivity contribution in [1.82, 2.24) is 9.78 Å². The molecule has 22 heavy (non-hydrogen) atoms. The number of carbonyl (C=O) groups is 1. The fraction of sp³-hybridized carbons (Fsp3) is 0.286. The molecule has 0 aliphatic heterocycles. The highest BCUT2D eigenvalue weighted by atomic mass is 79.9. The van der Waals surface area contributed by atoms with E-state index < -0.39 is 12.7 Å². The molecule has 1 aromatic heterocycles. The number of nitrogens with zero attached hydrogens (tertiary/aromatic N) is 2. The lowest BCUT2D eigenvalue weighted by molar-refractivity contribution is -0.119. The number of benzene rings is 1. The second kappa shape index (κ2) is 7.35. The van der Waals surface area contributed by atoms with Crippen LogP contribution in [0.2, 0.25) is 0 Å². The lowest BCUT2D eigenvalue weighted by atomic mass is 10.2. The van der Waals surface area contributed by atoms with Crippen LogP contribution in [-0.2, 0) is 4.79 Å². The third-order valence-electron chi connectivity index (χ3n) is 2.94. The van der Waals surface area contributed by atoms with Gasteiger partial charge in [0.1, 0.15) is 11.8 Å². The van der Waals surface area contributed by atoms with E-state index in [-0.39, 0.29) is 17.3 Å². The lowest BCUT2D eigenvalue weighted by Gasteiger charge is -2.17. The Hall–Kier alpha value is -1.96. The SMILES string of the molecule is CCC(C(=O)Nc1ccccc1OC(F)F)n1cc(Br)cn1. The highest BCUT2D eigenvalue weighted by Gasteiger charge is 2.21. The normalized spacial score (nSPS) is 12.2. The van der Waals surface area contributed by atoms with Crippen molar-refractivity contribution in [1.29, 1.82) is 0 Å². The molecule has 0 bridgehead atoms. The van der Waals surface area contributed by atoms with Gasteiger partial charge in [-0.2, -0.15) is 13.9 Å². The first-order chi connectivity index (χ1) is 10.5. The predicted molar refractivity (Wildman–Crippen MR) is 81.0 cm³/mol. The second-order valence-electron chi connectivity index (χ2n) is 4.43. The Morgan fingerprint density at radius 2 is 2.18 bits per heavy atom. The Bertz CT molecular complexity index is 649. The van der Waals surface area contributed by atoms with Crippen LogP contribution in [0.15, 0.2) is 41.1 Å². The van der Waals surface area contributed by atoms with Gasteiger partial charge in [0, 0.05) is 6.20 Å². The van der Waals surface area contributed by atoms with Gasteiger partial charge in [0.2, 0.25) is 5.91 Å². The van der Waals surface area contributed by atoms with Gasteiger partial charge < -0.3 is 10.1 Å². The molecule has 1 heterocycles. The van der Waals surface area contributed by atoms with Crippen molar-refractivity contribution in [2.75, 3.05) is 5.32 Å². The Kier molecular flexibility index (Phi) is 5.48. The fourth-order valence-electron chi connectivity index (χ4n) is 1.96. The van der Waals surface area contributed by atoms with Crippen LogP contribution in [0.1, 0.15) is 19.4 Å². The Balaban J connectivity index is 2.17. The minimum Gasteiger partial charge on any atom is -0.433 e. The van der Waals surface area contributed by atoms with Gasteiger partial charge in [-0.3, -0.25) is 9.48 Å². The molecule has 2 aromatic rings. The number of para-hydroxylation sites is 2. The number of carbonyl (C=O) groups excluding carboxylic acids is 1. The number of amides is 1. The van der Waals surface area contributed by atoms with Crippen molar-refractivity contribution < 1.29 is 18.3 Å². The highest BCUT2D eigenvalue weighted by Crippen LogP contribution is 2.27. The van der Waals surface area contributed by atoms with Gasteiger partial charge >= 0.3 is 6.61 Å². The number of halogens is 3. The summed E-state index contributed by atoms with van der Waals surface area (Å²) in [5.74, 6) is -0.439. The number of aromatic nitrogens is 2. The molecule has 0 aliphatic rings.